The lowest BCUT2D eigenvalue weighted by Crippen LogP contribution is -2.06. The number of ether oxygens (including phenoxy) is 1. The minimum absolute atomic E-state index is 0.322. The molecule has 0 fully saturated rings. The second kappa shape index (κ2) is 5.37. The molecule has 0 aliphatic carbocycles. The number of esters is 1. The van der Waals surface area contributed by atoms with Gasteiger partial charge in [0.1, 0.15) is 0 Å². The van der Waals surface area contributed by atoms with Crippen molar-refractivity contribution in [2.24, 2.45) is 0 Å². The molecule has 0 heterocycles. The molecule has 0 spiro atoms. The van der Waals surface area contributed by atoms with Crippen molar-refractivity contribution >= 4 is 33.5 Å². The Morgan fingerprint density at radius 1 is 1.57 bits per heavy atom. The first-order valence-corrected chi connectivity index (χ1v) is 5.61. The number of alkyl halides is 1. The van der Waals surface area contributed by atoms with Gasteiger partial charge in [-0.3, -0.25) is 0 Å². The molecule has 0 aliphatic heterocycles. The molecule has 0 aromatic heterocycles. The third-order valence-electron chi connectivity index (χ3n) is 1.84. The summed E-state index contributed by atoms with van der Waals surface area (Å²) < 4.78 is 4.67. The van der Waals surface area contributed by atoms with Crippen molar-refractivity contribution in [3.8, 4) is 0 Å². The fourth-order valence-corrected chi connectivity index (χ4v) is 1.80. The van der Waals surface area contributed by atoms with Gasteiger partial charge in [0.15, 0.2) is 0 Å². The Morgan fingerprint density at radius 3 is 2.86 bits per heavy atom. The van der Waals surface area contributed by atoms with Gasteiger partial charge in [0, 0.05) is 10.4 Å². The molecule has 0 saturated heterocycles. The van der Waals surface area contributed by atoms with Crippen LogP contribution in [0.4, 0.5) is 0 Å². The van der Waals surface area contributed by atoms with Crippen LogP contribution in [-0.2, 0) is 11.2 Å². The summed E-state index contributed by atoms with van der Waals surface area (Å²) in [7, 11) is 1.37. The Morgan fingerprint density at radius 2 is 2.29 bits per heavy atom. The molecular weight excluding hydrogens is 267 g/mol. The van der Waals surface area contributed by atoms with Crippen molar-refractivity contribution in [2.45, 2.75) is 6.42 Å². The van der Waals surface area contributed by atoms with Crippen molar-refractivity contribution in [2.75, 3.05) is 12.4 Å². The number of aryl methyl sites for hydroxylation is 1. The van der Waals surface area contributed by atoms with E-state index in [-0.39, 0.29) is 5.97 Å². The van der Waals surface area contributed by atoms with Crippen LogP contribution in [0.15, 0.2) is 18.2 Å². The summed E-state index contributed by atoms with van der Waals surface area (Å²) in [6.45, 7) is 0. The Hall–Kier alpha value is -0.540. The molecular formula is C10H10BrClO2. The van der Waals surface area contributed by atoms with Crippen molar-refractivity contribution in [1.82, 2.24) is 0 Å². The first-order chi connectivity index (χ1) is 6.69. The number of carbonyl (C=O) groups excluding carboxylic acids is 1. The van der Waals surface area contributed by atoms with Crippen LogP contribution in [0.25, 0.3) is 0 Å². The van der Waals surface area contributed by atoms with E-state index in [9.17, 15) is 4.79 Å². The number of rotatable bonds is 3. The van der Waals surface area contributed by atoms with Gasteiger partial charge >= 0.3 is 5.97 Å². The van der Waals surface area contributed by atoms with Crippen LogP contribution in [0.3, 0.4) is 0 Å². The Bertz CT molecular complexity index is 339. The molecule has 0 saturated carbocycles. The highest BCUT2D eigenvalue weighted by Crippen LogP contribution is 2.18. The third-order valence-corrected chi connectivity index (χ3v) is 2.47. The molecule has 0 aliphatic rings. The first kappa shape index (κ1) is 11.5. The normalized spacial score (nSPS) is 9.93. The van der Waals surface area contributed by atoms with Crippen LogP contribution in [0.5, 0.6) is 0 Å². The fraction of sp³-hybridized carbons (Fsp3) is 0.300. The average molecular weight is 278 g/mol. The van der Waals surface area contributed by atoms with Gasteiger partial charge < -0.3 is 4.74 Å². The largest absolute Gasteiger partial charge is 0.465 e. The van der Waals surface area contributed by atoms with Crippen LogP contribution in [0.1, 0.15) is 15.9 Å². The quantitative estimate of drug-likeness (QED) is 0.627. The predicted molar refractivity (Wildman–Crippen MR) is 60.3 cm³/mol. The van der Waals surface area contributed by atoms with Crippen molar-refractivity contribution in [1.29, 1.82) is 0 Å². The van der Waals surface area contributed by atoms with Gasteiger partial charge in [-0.2, -0.15) is 0 Å². The monoisotopic (exact) mass is 276 g/mol. The molecule has 4 heteroatoms. The lowest BCUT2D eigenvalue weighted by Gasteiger charge is -2.06. The molecule has 14 heavy (non-hydrogen) atoms. The number of carbonyl (C=O) groups is 1. The smallest absolute Gasteiger partial charge is 0.338 e. The van der Waals surface area contributed by atoms with E-state index in [1.54, 1.807) is 18.2 Å². The highest BCUT2D eigenvalue weighted by atomic mass is 79.9. The number of hydrogen-bond acceptors (Lipinski definition) is 2. The van der Waals surface area contributed by atoms with Gasteiger partial charge in [-0.15, -0.1) is 0 Å². The summed E-state index contributed by atoms with van der Waals surface area (Å²) in [6, 6.07) is 5.16. The Labute approximate surface area is 96.3 Å². The molecule has 1 aromatic rings. The lowest BCUT2D eigenvalue weighted by molar-refractivity contribution is 0.0599. The van der Waals surface area contributed by atoms with E-state index in [1.165, 1.54) is 7.11 Å². The highest BCUT2D eigenvalue weighted by Gasteiger charge is 2.11. The minimum atomic E-state index is -0.322. The molecule has 1 rings (SSSR count). The van der Waals surface area contributed by atoms with Crippen molar-refractivity contribution < 1.29 is 9.53 Å². The van der Waals surface area contributed by atoms with Crippen molar-refractivity contribution in [3.63, 3.8) is 0 Å². The SMILES string of the molecule is COC(=O)c1ccc(Cl)cc1CCBr. The van der Waals surface area contributed by atoms with Crippen molar-refractivity contribution in [3.05, 3.63) is 34.3 Å². The predicted octanol–water partition coefficient (Wildman–Crippen LogP) is 3.06. The van der Waals surface area contributed by atoms with Gasteiger partial charge in [-0.1, -0.05) is 27.5 Å². The molecule has 0 atom stereocenters. The van der Waals surface area contributed by atoms with Crippen LogP contribution >= 0.6 is 27.5 Å². The molecule has 0 unspecified atom stereocenters. The summed E-state index contributed by atoms with van der Waals surface area (Å²) >= 11 is 9.15. The zero-order chi connectivity index (χ0) is 10.6. The third kappa shape index (κ3) is 2.72. The standard InChI is InChI=1S/C10H10BrClO2/c1-14-10(13)9-3-2-8(12)6-7(9)4-5-11/h2-3,6H,4-5H2,1H3. The molecule has 2 nitrogen and oxygen atoms in total. The van der Waals surface area contributed by atoms with E-state index in [1.807, 2.05) is 0 Å². The maximum atomic E-state index is 11.3. The molecule has 0 radical (unpaired) electrons. The van der Waals surface area contributed by atoms with Gasteiger partial charge in [0.25, 0.3) is 0 Å². The summed E-state index contributed by atoms with van der Waals surface area (Å²) in [4.78, 5) is 11.3. The van der Waals surface area contributed by atoms with Crippen LogP contribution in [0.2, 0.25) is 5.02 Å². The van der Waals surface area contributed by atoms with Gasteiger partial charge in [0.2, 0.25) is 0 Å². The topological polar surface area (TPSA) is 26.3 Å². The summed E-state index contributed by atoms with van der Waals surface area (Å²) in [5, 5.41) is 1.42. The fourth-order valence-electron chi connectivity index (χ4n) is 1.18. The summed E-state index contributed by atoms with van der Waals surface area (Å²) in [5.41, 5.74) is 1.48. The maximum absolute atomic E-state index is 11.3. The van der Waals surface area contributed by atoms with Gasteiger partial charge in [-0.25, -0.2) is 4.79 Å². The summed E-state index contributed by atoms with van der Waals surface area (Å²) in [5.74, 6) is -0.322. The van der Waals surface area contributed by atoms with Gasteiger partial charge in [0.05, 0.1) is 12.7 Å². The van der Waals surface area contributed by atoms with E-state index in [4.69, 9.17) is 11.6 Å². The molecule has 0 N–H and O–H groups in total. The van der Waals surface area contributed by atoms with E-state index < -0.39 is 0 Å². The Kier molecular flexibility index (Phi) is 4.42. The first-order valence-electron chi connectivity index (χ1n) is 4.11. The van der Waals surface area contributed by atoms with Gasteiger partial charge in [-0.05, 0) is 30.2 Å². The number of halogens is 2. The number of hydrogen-bond donors (Lipinski definition) is 0. The number of benzene rings is 1. The lowest BCUT2D eigenvalue weighted by atomic mass is 10.1. The zero-order valence-corrected chi connectivity index (χ0v) is 10.1. The zero-order valence-electron chi connectivity index (χ0n) is 7.72. The van der Waals surface area contributed by atoms with E-state index in [2.05, 4.69) is 20.7 Å². The molecule has 76 valence electrons. The number of methoxy groups -OCH3 is 1. The summed E-state index contributed by atoms with van der Waals surface area (Å²) in [6.07, 6.45) is 0.755. The highest BCUT2D eigenvalue weighted by molar-refractivity contribution is 9.09. The molecule has 1 aromatic carbocycles. The minimum Gasteiger partial charge on any atom is -0.465 e. The van der Waals surface area contributed by atoms with E-state index in [0.717, 1.165) is 17.3 Å². The molecule has 0 amide bonds. The molecule has 0 bridgehead atoms. The second-order valence-corrected chi connectivity index (χ2v) is 3.96. The van der Waals surface area contributed by atoms with Crippen LogP contribution in [-0.4, -0.2) is 18.4 Å². The Balaban J connectivity index is 3.07. The van der Waals surface area contributed by atoms with Crippen LogP contribution in [0, 0.1) is 0 Å². The van der Waals surface area contributed by atoms with Crippen LogP contribution < -0.4 is 0 Å². The van der Waals surface area contributed by atoms with E-state index >= 15 is 0 Å². The maximum Gasteiger partial charge on any atom is 0.338 e. The second-order valence-electron chi connectivity index (χ2n) is 2.73. The van der Waals surface area contributed by atoms with E-state index in [0.29, 0.717) is 10.6 Å². The average Bonchev–Trinajstić information content (AvgIpc) is 2.17.